The van der Waals surface area contributed by atoms with Crippen LogP contribution in [0.4, 0.5) is 5.82 Å². The molecule has 31 heavy (non-hydrogen) atoms. The summed E-state index contributed by atoms with van der Waals surface area (Å²) < 4.78 is 1.66. The number of rotatable bonds is 6. The second-order valence-corrected chi connectivity index (χ2v) is 8.25. The SMILES string of the molecule is Cc1nn(Cc2ccccc2)c(Cl)c1C(=O)NCc1ccc(N2CCN(C)CC2)nc1. The minimum absolute atomic E-state index is 0.232. The van der Waals surface area contributed by atoms with Crippen LogP contribution in [0, 0.1) is 6.92 Å². The maximum absolute atomic E-state index is 12.8. The van der Waals surface area contributed by atoms with Crippen molar-refractivity contribution in [3.8, 4) is 0 Å². The molecule has 0 atom stereocenters. The summed E-state index contributed by atoms with van der Waals surface area (Å²) in [6.45, 7) is 6.73. The van der Waals surface area contributed by atoms with Crippen molar-refractivity contribution in [3.05, 3.63) is 76.2 Å². The number of benzene rings is 1. The van der Waals surface area contributed by atoms with Gasteiger partial charge in [0.1, 0.15) is 11.0 Å². The molecule has 0 aliphatic carbocycles. The molecule has 0 saturated carbocycles. The van der Waals surface area contributed by atoms with Crippen molar-refractivity contribution in [1.82, 2.24) is 25.0 Å². The highest BCUT2D eigenvalue weighted by Crippen LogP contribution is 2.21. The van der Waals surface area contributed by atoms with Gasteiger partial charge >= 0.3 is 0 Å². The number of hydrogen-bond donors (Lipinski definition) is 1. The summed E-state index contributed by atoms with van der Waals surface area (Å²) in [4.78, 5) is 22.0. The summed E-state index contributed by atoms with van der Waals surface area (Å²) in [6.07, 6.45) is 1.82. The van der Waals surface area contributed by atoms with Crippen LogP contribution in [-0.4, -0.2) is 58.8 Å². The van der Waals surface area contributed by atoms with E-state index in [-0.39, 0.29) is 5.91 Å². The Labute approximate surface area is 187 Å². The zero-order valence-electron chi connectivity index (χ0n) is 17.9. The van der Waals surface area contributed by atoms with E-state index in [0.717, 1.165) is 43.1 Å². The van der Waals surface area contributed by atoms with E-state index in [1.807, 2.05) is 48.7 Å². The van der Waals surface area contributed by atoms with Crippen molar-refractivity contribution in [2.45, 2.75) is 20.0 Å². The summed E-state index contributed by atoms with van der Waals surface area (Å²) in [7, 11) is 2.13. The number of amides is 1. The molecule has 0 radical (unpaired) electrons. The van der Waals surface area contributed by atoms with Crippen molar-refractivity contribution in [2.75, 3.05) is 38.1 Å². The molecule has 3 heterocycles. The topological polar surface area (TPSA) is 66.3 Å². The maximum Gasteiger partial charge on any atom is 0.256 e. The predicted octanol–water partition coefficient (Wildman–Crippen LogP) is 2.97. The Kier molecular flexibility index (Phi) is 6.53. The number of carbonyl (C=O) groups is 1. The molecule has 162 valence electrons. The lowest BCUT2D eigenvalue weighted by atomic mass is 10.2. The standard InChI is InChI=1S/C23H27ClN6O/c1-17-21(22(24)30(27-17)16-18-6-4-3-5-7-18)23(31)26-15-19-8-9-20(25-14-19)29-12-10-28(2)11-13-29/h3-9,14H,10-13,15-16H2,1-2H3,(H,26,31). The van der Waals surface area contributed by atoms with Gasteiger partial charge in [0.15, 0.2) is 0 Å². The molecule has 1 N–H and O–H groups in total. The van der Waals surface area contributed by atoms with Gasteiger partial charge in [-0.1, -0.05) is 48.0 Å². The molecule has 1 aliphatic rings. The van der Waals surface area contributed by atoms with E-state index in [4.69, 9.17) is 11.6 Å². The van der Waals surface area contributed by atoms with Crippen molar-refractivity contribution in [2.24, 2.45) is 0 Å². The zero-order valence-corrected chi connectivity index (χ0v) is 18.6. The molecule has 3 aromatic rings. The van der Waals surface area contributed by atoms with Crippen LogP contribution < -0.4 is 10.2 Å². The van der Waals surface area contributed by atoms with Gasteiger partial charge in [-0.05, 0) is 31.2 Å². The molecule has 0 unspecified atom stereocenters. The number of pyridine rings is 1. The molecule has 1 aromatic carbocycles. The average molecular weight is 439 g/mol. The fraction of sp³-hybridized carbons (Fsp3) is 0.348. The third kappa shape index (κ3) is 5.06. The molecular weight excluding hydrogens is 412 g/mol. The van der Waals surface area contributed by atoms with Crippen molar-refractivity contribution >= 4 is 23.3 Å². The summed E-state index contributed by atoms with van der Waals surface area (Å²) in [5.74, 6) is 0.745. The van der Waals surface area contributed by atoms with Gasteiger partial charge in [0.25, 0.3) is 5.91 Å². The molecule has 8 heteroatoms. The Morgan fingerprint density at radius 3 is 2.48 bits per heavy atom. The molecule has 1 fully saturated rings. The highest BCUT2D eigenvalue weighted by molar-refractivity contribution is 6.33. The number of carbonyl (C=O) groups excluding carboxylic acids is 1. The number of nitrogens with zero attached hydrogens (tertiary/aromatic N) is 5. The van der Waals surface area contributed by atoms with E-state index in [9.17, 15) is 4.79 Å². The minimum Gasteiger partial charge on any atom is -0.354 e. The normalized spacial score (nSPS) is 14.6. The monoisotopic (exact) mass is 438 g/mol. The van der Waals surface area contributed by atoms with Crippen molar-refractivity contribution in [1.29, 1.82) is 0 Å². The first-order valence-corrected chi connectivity index (χ1v) is 10.8. The summed E-state index contributed by atoms with van der Waals surface area (Å²) >= 11 is 6.49. The molecule has 0 bridgehead atoms. The lowest BCUT2D eigenvalue weighted by Crippen LogP contribution is -2.44. The van der Waals surface area contributed by atoms with E-state index in [2.05, 4.69) is 32.2 Å². The van der Waals surface area contributed by atoms with E-state index in [1.54, 1.807) is 11.6 Å². The van der Waals surface area contributed by atoms with Gasteiger partial charge in [0.2, 0.25) is 0 Å². The van der Waals surface area contributed by atoms with Gasteiger partial charge in [0, 0.05) is 38.9 Å². The zero-order chi connectivity index (χ0) is 21.8. The van der Waals surface area contributed by atoms with Crippen LogP contribution >= 0.6 is 11.6 Å². The Bertz CT molecular complexity index is 1030. The molecule has 1 amide bonds. The van der Waals surface area contributed by atoms with Crippen LogP contribution in [0.15, 0.2) is 48.7 Å². The molecule has 7 nitrogen and oxygen atoms in total. The maximum atomic E-state index is 12.8. The number of nitrogens with one attached hydrogen (secondary N) is 1. The molecule has 4 rings (SSSR count). The third-order valence-corrected chi connectivity index (χ3v) is 5.94. The smallest absolute Gasteiger partial charge is 0.256 e. The van der Waals surface area contributed by atoms with Crippen LogP contribution in [0.3, 0.4) is 0 Å². The number of likely N-dealkylation sites (N-methyl/N-ethyl adjacent to an activating group) is 1. The number of aromatic nitrogens is 3. The first-order valence-electron chi connectivity index (χ1n) is 10.4. The first kappa shape index (κ1) is 21.3. The Morgan fingerprint density at radius 1 is 1.06 bits per heavy atom. The van der Waals surface area contributed by atoms with Crippen molar-refractivity contribution < 1.29 is 4.79 Å². The largest absolute Gasteiger partial charge is 0.354 e. The summed E-state index contributed by atoms with van der Waals surface area (Å²) in [6, 6.07) is 13.9. The van der Waals surface area contributed by atoms with Crippen LogP contribution in [0.1, 0.15) is 27.2 Å². The molecule has 2 aromatic heterocycles. The van der Waals surface area contributed by atoms with E-state index in [0.29, 0.717) is 29.5 Å². The van der Waals surface area contributed by atoms with Gasteiger partial charge in [-0.3, -0.25) is 4.79 Å². The molecule has 1 saturated heterocycles. The fourth-order valence-corrected chi connectivity index (χ4v) is 4.01. The van der Waals surface area contributed by atoms with Crippen LogP contribution in [0.2, 0.25) is 5.15 Å². The number of hydrogen-bond acceptors (Lipinski definition) is 5. The first-order chi connectivity index (χ1) is 15.0. The number of aryl methyl sites for hydroxylation is 1. The Hall–Kier alpha value is -2.90. The minimum atomic E-state index is -0.232. The number of piperazine rings is 1. The van der Waals surface area contributed by atoms with Gasteiger partial charge in [0.05, 0.1) is 17.8 Å². The molecule has 1 aliphatic heterocycles. The van der Waals surface area contributed by atoms with Crippen LogP contribution in [0.25, 0.3) is 0 Å². The van der Waals surface area contributed by atoms with Gasteiger partial charge in [-0.15, -0.1) is 0 Å². The summed E-state index contributed by atoms with van der Waals surface area (Å²) in [5, 5.41) is 7.74. The van der Waals surface area contributed by atoms with E-state index < -0.39 is 0 Å². The van der Waals surface area contributed by atoms with Gasteiger partial charge in [-0.25, -0.2) is 9.67 Å². The predicted molar refractivity (Wildman–Crippen MR) is 123 cm³/mol. The van der Waals surface area contributed by atoms with E-state index in [1.165, 1.54) is 0 Å². The average Bonchev–Trinajstić information content (AvgIpc) is 3.06. The van der Waals surface area contributed by atoms with E-state index >= 15 is 0 Å². The second-order valence-electron chi connectivity index (χ2n) is 7.89. The second kappa shape index (κ2) is 9.49. The quantitative estimate of drug-likeness (QED) is 0.641. The van der Waals surface area contributed by atoms with Crippen molar-refractivity contribution in [3.63, 3.8) is 0 Å². The Balaban J connectivity index is 1.37. The van der Waals surface area contributed by atoms with Gasteiger partial charge in [-0.2, -0.15) is 5.10 Å². The van der Waals surface area contributed by atoms with Crippen LogP contribution in [0.5, 0.6) is 0 Å². The van der Waals surface area contributed by atoms with Gasteiger partial charge < -0.3 is 15.1 Å². The molecule has 0 spiro atoms. The summed E-state index contributed by atoms with van der Waals surface area (Å²) in [5.41, 5.74) is 3.05. The highest BCUT2D eigenvalue weighted by atomic mass is 35.5. The Morgan fingerprint density at radius 2 is 1.81 bits per heavy atom. The van der Waals surface area contributed by atoms with Crippen LogP contribution in [-0.2, 0) is 13.1 Å². The highest BCUT2D eigenvalue weighted by Gasteiger charge is 2.20. The number of anilines is 1. The number of halogens is 1. The fourth-order valence-electron chi connectivity index (χ4n) is 3.69. The lowest BCUT2D eigenvalue weighted by molar-refractivity contribution is 0.0950. The third-order valence-electron chi connectivity index (χ3n) is 5.56. The lowest BCUT2D eigenvalue weighted by Gasteiger charge is -2.33. The molecular formula is C23H27ClN6O.